The summed E-state index contributed by atoms with van der Waals surface area (Å²) < 4.78 is 25.7. The van der Waals surface area contributed by atoms with Crippen LogP contribution in [-0.2, 0) is 10.0 Å². The third-order valence-electron chi connectivity index (χ3n) is 1.79. The number of hydrogen-bond donors (Lipinski definition) is 1. The lowest BCUT2D eigenvalue weighted by Gasteiger charge is -2.06. The Balaban J connectivity index is 2.94. The Labute approximate surface area is 99.7 Å². The maximum absolute atomic E-state index is 11.7. The van der Waals surface area contributed by atoms with Gasteiger partial charge >= 0.3 is 0 Å². The van der Waals surface area contributed by atoms with Gasteiger partial charge in [-0.1, -0.05) is 35.9 Å². The van der Waals surface area contributed by atoms with Crippen molar-refractivity contribution in [3.8, 4) is 0 Å². The summed E-state index contributed by atoms with van der Waals surface area (Å²) in [5, 5.41) is 0. The van der Waals surface area contributed by atoms with Crippen LogP contribution in [0.4, 0.5) is 0 Å². The first kappa shape index (κ1) is 12.7. The van der Waals surface area contributed by atoms with Crippen LogP contribution in [0.25, 0.3) is 0 Å². The standard InChI is InChI=1S/C10H11ClN2O2S/c1-8-3-5-10(6-4-8)16(14,15)13-9(2)12-7-11/h3-7,13H,2H2,1H3/b12-7+. The van der Waals surface area contributed by atoms with E-state index in [4.69, 9.17) is 11.6 Å². The predicted molar refractivity (Wildman–Crippen MR) is 65.0 cm³/mol. The molecule has 0 saturated carbocycles. The summed E-state index contributed by atoms with van der Waals surface area (Å²) in [7, 11) is -3.62. The molecule has 0 fully saturated rings. The molecule has 0 spiro atoms. The number of rotatable bonds is 4. The molecule has 0 atom stereocenters. The minimum atomic E-state index is -3.62. The number of aliphatic imine (C=N–C) groups is 1. The van der Waals surface area contributed by atoms with E-state index in [9.17, 15) is 8.42 Å². The molecular weight excluding hydrogens is 248 g/mol. The highest BCUT2D eigenvalue weighted by molar-refractivity contribution is 7.89. The van der Waals surface area contributed by atoms with Gasteiger partial charge in [-0.2, -0.15) is 0 Å². The lowest BCUT2D eigenvalue weighted by atomic mass is 10.2. The van der Waals surface area contributed by atoms with Gasteiger partial charge in [0.15, 0.2) is 0 Å². The van der Waals surface area contributed by atoms with Gasteiger partial charge in [0.05, 0.1) is 10.6 Å². The molecule has 0 amide bonds. The summed E-state index contributed by atoms with van der Waals surface area (Å²) in [6, 6.07) is 6.44. The Kier molecular flexibility index (Phi) is 4.09. The van der Waals surface area contributed by atoms with E-state index >= 15 is 0 Å². The highest BCUT2D eigenvalue weighted by atomic mass is 35.5. The maximum Gasteiger partial charge on any atom is 0.263 e. The van der Waals surface area contributed by atoms with Crippen LogP contribution in [0.3, 0.4) is 0 Å². The average molecular weight is 259 g/mol. The molecule has 86 valence electrons. The van der Waals surface area contributed by atoms with E-state index in [1.807, 2.05) is 6.92 Å². The van der Waals surface area contributed by atoms with Crippen LogP contribution in [0.2, 0.25) is 0 Å². The Morgan fingerprint density at radius 3 is 2.50 bits per heavy atom. The van der Waals surface area contributed by atoms with E-state index in [-0.39, 0.29) is 10.7 Å². The van der Waals surface area contributed by atoms with E-state index in [1.54, 1.807) is 12.1 Å². The summed E-state index contributed by atoms with van der Waals surface area (Å²) in [5.74, 6) is -0.0319. The van der Waals surface area contributed by atoms with Crippen molar-refractivity contribution in [1.29, 1.82) is 0 Å². The second kappa shape index (κ2) is 5.14. The topological polar surface area (TPSA) is 58.5 Å². The zero-order valence-electron chi connectivity index (χ0n) is 8.64. The molecule has 0 saturated heterocycles. The summed E-state index contributed by atoms with van der Waals surface area (Å²) in [5.41, 5.74) is 1.93. The molecule has 6 heteroatoms. The molecule has 16 heavy (non-hydrogen) atoms. The van der Waals surface area contributed by atoms with Gasteiger partial charge in [0, 0.05) is 0 Å². The third-order valence-corrected chi connectivity index (χ3v) is 3.28. The van der Waals surface area contributed by atoms with Gasteiger partial charge in [-0.3, -0.25) is 4.72 Å². The maximum atomic E-state index is 11.7. The van der Waals surface area contributed by atoms with Gasteiger partial charge in [-0.25, -0.2) is 13.4 Å². The minimum absolute atomic E-state index is 0.0319. The molecule has 0 aliphatic heterocycles. The van der Waals surface area contributed by atoms with Crippen LogP contribution < -0.4 is 4.72 Å². The lowest BCUT2D eigenvalue weighted by molar-refractivity contribution is 0.588. The zero-order valence-corrected chi connectivity index (χ0v) is 10.2. The third kappa shape index (κ3) is 3.36. The van der Waals surface area contributed by atoms with Gasteiger partial charge in [0.2, 0.25) is 0 Å². The molecular formula is C10H11ClN2O2S. The first-order valence-corrected chi connectivity index (χ1v) is 6.29. The van der Waals surface area contributed by atoms with Gasteiger partial charge in [-0.15, -0.1) is 0 Å². The molecule has 1 aromatic carbocycles. The van der Waals surface area contributed by atoms with Crippen molar-refractivity contribution >= 4 is 27.3 Å². The highest BCUT2D eigenvalue weighted by Crippen LogP contribution is 2.10. The van der Waals surface area contributed by atoms with E-state index < -0.39 is 10.0 Å². The second-order valence-electron chi connectivity index (χ2n) is 3.09. The molecule has 1 rings (SSSR count). The summed E-state index contributed by atoms with van der Waals surface area (Å²) in [4.78, 5) is 3.67. The average Bonchev–Trinajstić information content (AvgIpc) is 2.17. The Morgan fingerprint density at radius 1 is 1.44 bits per heavy atom. The van der Waals surface area contributed by atoms with Crippen molar-refractivity contribution in [3.63, 3.8) is 0 Å². The molecule has 1 N–H and O–H groups in total. The zero-order chi connectivity index (χ0) is 12.2. The van der Waals surface area contributed by atoms with Crippen LogP contribution in [-0.4, -0.2) is 14.1 Å². The van der Waals surface area contributed by atoms with E-state index in [1.165, 1.54) is 12.1 Å². The van der Waals surface area contributed by atoms with Crippen LogP contribution in [0, 0.1) is 6.92 Å². The molecule has 0 radical (unpaired) electrons. The van der Waals surface area contributed by atoms with Crippen molar-refractivity contribution in [2.75, 3.05) is 0 Å². The molecule has 0 aromatic heterocycles. The second-order valence-corrected chi connectivity index (χ2v) is 4.97. The lowest BCUT2D eigenvalue weighted by Crippen LogP contribution is -2.21. The fourth-order valence-corrected chi connectivity index (χ4v) is 2.11. The minimum Gasteiger partial charge on any atom is -0.264 e. The summed E-state index contributed by atoms with van der Waals surface area (Å²) in [6.45, 7) is 5.28. The van der Waals surface area contributed by atoms with Crippen LogP contribution in [0.5, 0.6) is 0 Å². The van der Waals surface area contributed by atoms with Gasteiger partial charge in [-0.05, 0) is 19.1 Å². The number of benzene rings is 1. The predicted octanol–water partition coefficient (Wildman–Crippen LogP) is 2.01. The Morgan fingerprint density at radius 2 is 2.00 bits per heavy atom. The van der Waals surface area contributed by atoms with Crippen molar-refractivity contribution in [1.82, 2.24) is 4.72 Å². The molecule has 4 nitrogen and oxygen atoms in total. The normalized spacial score (nSPS) is 11.6. The summed E-state index contributed by atoms with van der Waals surface area (Å²) >= 11 is 5.20. The number of nitrogens with zero attached hydrogens (tertiary/aromatic N) is 1. The number of hydrogen-bond acceptors (Lipinski definition) is 3. The Hall–Kier alpha value is -1.33. The van der Waals surface area contributed by atoms with Crippen molar-refractivity contribution in [3.05, 3.63) is 42.2 Å². The van der Waals surface area contributed by atoms with Crippen molar-refractivity contribution < 1.29 is 8.42 Å². The van der Waals surface area contributed by atoms with Crippen molar-refractivity contribution in [2.45, 2.75) is 11.8 Å². The molecule has 1 aromatic rings. The fraction of sp³-hybridized carbons (Fsp3) is 0.100. The highest BCUT2D eigenvalue weighted by Gasteiger charge is 2.13. The number of aryl methyl sites for hydroxylation is 1. The smallest absolute Gasteiger partial charge is 0.263 e. The molecule has 0 aliphatic rings. The number of sulfonamides is 1. The van der Waals surface area contributed by atoms with Crippen LogP contribution >= 0.6 is 11.6 Å². The molecule has 0 heterocycles. The molecule has 0 unspecified atom stereocenters. The quantitative estimate of drug-likeness (QED) is 0.840. The van der Waals surface area contributed by atoms with E-state index in [2.05, 4.69) is 16.3 Å². The van der Waals surface area contributed by atoms with E-state index in [0.717, 1.165) is 11.2 Å². The summed E-state index contributed by atoms with van der Waals surface area (Å²) in [6.07, 6.45) is 0. The van der Waals surface area contributed by atoms with Crippen LogP contribution in [0.15, 0.2) is 46.6 Å². The largest absolute Gasteiger partial charge is 0.264 e. The monoisotopic (exact) mass is 258 g/mol. The van der Waals surface area contributed by atoms with E-state index in [0.29, 0.717) is 0 Å². The van der Waals surface area contributed by atoms with Gasteiger partial charge in [0.1, 0.15) is 5.82 Å². The SMILES string of the molecule is C=C(/N=C/Cl)NS(=O)(=O)c1ccc(C)cc1. The first-order valence-electron chi connectivity index (χ1n) is 4.37. The van der Waals surface area contributed by atoms with Gasteiger partial charge in [0.25, 0.3) is 10.0 Å². The fourth-order valence-electron chi connectivity index (χ4n) is 1.02. The number of halogens is 1. The van der Waals surface area contributed by atoms with Gasteiger partial charge < -0.3 is 0 Å². The van der Waals surface area contributed by atoms with Crippen molar-refractivity contribution in [2.24, 2.45) is 4.99 Å². The number of nitrogens with one attached hydrogen (secondary N) is 1. The van der Waals surface area contributed by atoms with Crippen LogP contribution in [0.1, 0.15) is 5.56 Å². The first-order chi connectivity index (χ1) is 7.45. The Bertz CT molecular complexity index is 506. The molecule has 0 bridgehead atoms. The molecule has 0 aliphatic carbocycles.